The van der Waals surface area contributed by atoms with E-state index in [-0.39, 0.29) is 6.61 Å². The molecule has 3 nitrogen and oxygen atoms in total. The Morgan fingerprint density at radius 1 is 1.40 bits per heavy atom. The van der Waals surface area contributed by atoms with Crippen LogP contribution in [0.2, 0.25) is 5.02 Å². The highest BCUT2D eigenvalue weighted by molar-refractivity contribution is 6.33. The van der Waals surface area contributed by atoms with Gasteiger partial charge in [0.05, 0.1) is 17.3 Å². The molecule has 0 aliphatic rings. The van der Waals surface area contributed by atoms with E-state index in [2.05, 4.69) is 5.10 Å². The van der Waals surface area contributed by atoms with E-state index in [1.807, 2.05) is 31.3 Å². The summed E-state index contributed by atoms with van der Waals surface area (Å²) >= 11 is 6.07. The first-order valence-electron chi connectivity index (χ1n) is 4.60. The molecule has 1 aromatic carbocycles. The van der Waals surface area contributed by atoms with Gasteiger partial charge in [0.15, 0.2) is 0 Å². The molecule has 15 heavy (non-hydrogen) atoms. The average molecular weight is 223 g/mol. The van der Waals surface area contributed by atoms with E-state index >= 15 is 0 Å². The molecule has 0 aliphatic carbocycles. The van der Waals surface area contributed by atoms with E-state index in [0.29, 0.717) is 5.02 Å². The van der Waals surface area contributed by atoms with Crippen molar-refractivity contribution in [3.8, 4) is 11.3 Å². The van der Waals surface area contributed by atoms with Gasteiger partial charge in [-0.25, -0.2) is 0 Å². The second-order valence-corrected chi connectivity index (χ2v) is 3.72. The number of benzene rings is 1. The summed E-state index contributed by atoms with van der Waals surface area (Å²) in [5.74, 6) is 0. The summed E-state index contributed by atoms with van der Waals surface area (Å²) in [6.07, 6.45) is 1.79. The van der Waals surface area contributed by atoms with Crippen LogP contribution in [-0.2, 0) is 13.7 Å². The third kappa shape index (κ3) is 1.89. The Balaban J connectivity index is 2.58. The van der Waals surface area contributed by atoms with Crippen LogP contribution in [0.5, 0.6) is 0 Å². The van der Waals surface area contributed by atoms with E-state index in [1.54, 1.807) is 10.9 Å². The van der Waals surface area contributed by atoms with Crippen LogP contribution in [0.4, 0.5) is 0 Å². The number of aliphatic hydroxyl groups is 1. The van der Waals surface area contributed by atoms with Gasteiger partial charge < -0.3 is 5.11 Å². The summed E-state index contributed by atoms with van der Waals surface area (Å²) < 4.78 is 1.67. The van der Waals surface area contributed by atoms with Crippen LogP contribution < -0.4 is 0 Å². The fourth-order valence-electron chi connectivity index (χ4n) is 1.53. The van der Waals surface area contributed by atoms with Crippen molar-refractivity contribution in [2.45, 2.75) is 6.61 Å². The zero-order chi connectivity index (χ0) is 10.8. The molecule has 1 N–H and O–H groups in total. The van der Waals surface area contributed by atoms with Gasteiger partial charge in [-0.05, 0) is 6.07 Å². The largest absolute Gasteiger partial charge is 0.392 e. The summed E-state index contributed by atoms with van der Waals surface area (Å²) in [6, 6.07) is 7.47. The van der Waals surface area contributed by atoms with E-state index in [9.17, 15) is 5.11 Å². The van der Waals surface area contributed by atoms with Crippen molar-refractivity contribution in [2.24, 2.45) is 7.05 Å². The molecule has 0 amide bonds. The molecule has 2 rings (SSSR count). The van der Waals surface area contributed by atoms with E-state index in [0.717, 1.165) is 16.8 Å². The molecule has 0 spiro atoms. The van der Waals surface area contributed by atoms with Crippen molar-refractivity contribution < 1.29 is 5.11 Å². The van der Waals surface area contributed by atoms with Gasteiger partial charge in [-0.15, -0.1) is 0 Å². The number of hydrogen-bond donors (Lipinski definition) is 1. The smallest absolute Gasteiger partial charge is 0.0993 e. The molecule has 0 unspecified atom stereocenters. The van der Waals surface area contributed by atoms with E-state index < -0.39 is 0 Å². The normalized spacial score (nSPS) is 10.6. The van der Waals surface area contributed by atoms with Gasteiger partial charge in [0, 0.05) is 24.4 Å². The lowest BCUT2D eigenvalue weighted by Gasteiger charge is -2.01. The number of rotatable bonds is 2. The fraction of sp³-hybridized carbons (Fsp3) is 0.182. The Morgan fingerprint density at radius 3 is 2.80 bits per heavy atom. The van der Waals surface area contributed by atoms with Crippen molar-refractivity contribution in [1.29, 1.82) is 0 Å². The number of aliphatic hydroxyl groups excluding tert-OH is 1. The highest BCUT2D eigenvalue weighted by Gasteiger charge is 2.11. The summed E-state index contributed by atoms with van der Waals surface area (Å²) in [4.78, 5) is 0. The fourth-order valence-corrected chi connectivity index (χ4v) is 1.76. The van der Waals surface area contributed by atoms with E-state index in [1.165, 1.54) is 0 Å². The summed E-state index contributed by atoms with van der Waals surface area (Å²) in [5, 5.41) is 14.1. The summed E-state index contributed by atoms with van der Waals surface area (Å²) in [7, 11) is 1.82. The predicted octanol–water partition coefficient (Wildman–Crippen LogP) is 2.23. The van der Waals surface area contributed by atoms with Gasteiger partial charge in [0.25, 0.3) is 0 Å². The number of nitrogens with zero attached hydrogens (tertiary/aromatic N) is 2. The lowest BCUT2D eigenvalue weighted by Crippen LogP contribution is -1.88. The molecule has 2 aromatic rings. The molecule has 0 saturated heterocycles. The molecule has 1 heterocycles. The molecular formula is C11H11ClN2O. The first-order valence-corrected chi connectivity index (χ1v) is 4.98. The summed E-state index contributed by atoms with van der Waals surface area (Å²) in [6.45, 7) is -0.0333. The Hall–Kier alpha value is -1.32. The molecule has 0 radical (unpaired) electrons. The third-order valence-electron chi connectivity index (χ3n) is 2.20. The predicted molar refractivity (Wildman–Crippen MR) is 59.6 cm³/mol. The van der Waals surface area contributed by atoms with Gasteiger partial charge in [0.1, 0.15) is 0 Å². The Labute approximate surface area is 92.9 Å². The average Bonchev–Trinajstić information content (AvgIpc) is 2.60. The maximum Gasteiger partial charge on any atom is 0.0993 e. The van der Waals surface area contributed by atoms with Crippen molar-refractivity contribution in [3.63, 3.8) is 0 Å². The van der Waals surface area contributed by atoms with E-state index in [4.69, 9.17) is 11.6 Å². The molecule has 4 heteroatoms. The number of halogens is 1. The SMILES string of the molecule is Cn1cc(CO)c(-c2ccccc2Cl)n1. The van der Waals surface area contributed by atoms with Gasteiger partial charge in [-0.1, -0.05) is 29.8 Å². The van der Waals surface area contributed by atoms with Gasteiger partial charge in [0.2, 0.25) is 0 Å². The molecule has 0 aliphatic heterocycles. The molecule has 1 aromatic heterocycles. The van der Waals surface area contributed by atoms with Crippen LogP contribution in [-0.4, -0.2) is 14.9 Å². The van der Waals surface area contributed by atoms with Crippen LogP contribution in [0.1, 0.15) is 5.56 Å². The van der Waals surface area contributed by atoms with Crippen LogP contribution in [0, 0.1) is 0 Å². The minimum Gasteiger partial charge on any atom is -0.392 e. The van der Waals surface area contributed by atoms with Crippen molar-refractivity contribution >= 4 is 11.6 Å². The minimum absolute atomic E-state index is 0.0333. The Kier molecular flexibility index (Phi) is 2.75. The summed E-state index contributed by atoms with van der Waals surface area (Å²) in [5.41, 5.74) is 2.38. The zero-order valence-corrected chi connectivity index (χ0v) is 9.07. The second kappa shape index (κ2) is 4.04. The first-order chi connectivity index (χ1) is 7.22. The highest BCUT2D eigenvalue weighted by atomic mass is 35.5. The lowest BCUT2D eigenvalue weighted by atomic mass is 10.1. The second-order valence-electron chi connectivity index (χ2n) is 3.31. The lowest BCUT2D eigenvalue weighted by molar-refractivity contribution is 0.282. The standard InChI is InChI=1S/C11H11ClN2O/c1-14-6-8(7-15)11(13-14)9-4-2-3-5-10(9)12/h2-6,15H,7H2,1H3. The zero-order valence-electron chi connectivity index (χ0n) is 8.31. The van der Waals surface area contributed by atoms with Crippen molar-refractivity contribution in [1.82, 2.24) is 9.78 Å². The topological polar surface area (TPSA) is 38.0 Å². The Bertz CT molecular complexity index is 479. The molecule has 0 bridgehead atoms. The van der Waals surface area contributed by atoms with Gasteiger partial charge in [-0.2, -0.15) is 5.10 Å². The van der Waals surface area contributed by atoms with Crippen LogP contribution in [0.3, 0.4) is 0 Å². The van der Waals surface area contributed by atoms with Gasteiger partial charge >= 0.3 is 0 Å². The maximum atomic E-state index is 9.19. The van der Waals surface area contributed by atoms with Crippen LogP contribution in [0.25, 0.3) is 11.3 Å². The molecule has 0 saturated carbocycles. The minimum atomic E-state index is -0.0333. The first kappa shape index (κ1) is 10.2. The number of aryl methyl sites for hydroxylation is 1. The van der Waals surface area contributed by atoms with Crippen LogP contribution >= 0.6 is 11.6 Å². The Morgan fingerprint density at radius 2 is 2.13 bits per heavy atom. The molecule has 78 valence electrons. The molecule has 0 atom stereocenters. The van der Waals surface area contributed by atoms with Crippen LogP contribution in [0.15, 0.2) is 30.5 Å². The number of hydrogen-bond acceptors (Lipinski definition) is 2. The molecule has 0 fully saturated rings. The third-order valence-corrected chi connectivity index (χ3v) is 2.53. The van der Waals surface area contributed by atoms with Crippen molar-refractivity contribution in [3.05, 3.63) is 41.0 Å². The van der Waals surface area contributed by atoms with Gasteiger partial charge in [-0.3, -0.25) is 4.68 Å². The monoisotopic (exact) mass is 222 g/mol. The number of aromatic nitrogens is 2. The maximum absolute atomic E-state index is 9.19. The van der Waals surface area contributed by atoms with Crippen molar-refractivity contribution in [2.75, 3.05) is 0 Å². The molecular weight excluding hydrogens is 212 g/mol. The quantitative estimate of drug-likeness (QED) is 0.846. The highest BCUT2D eigenvalue weighted by Crippen LogP contribution is 2.28.